The Morgan fingerprint density at radius 3 is 2.63 bits per heavy atom. The highest BCUT2D eigenvalue weighted by atomic mass is 16.5. The second-order valence-electron chi connectivity index (χ2n) is 12.7. The minimum atomic E-state index is 0.0651. The van der Waals surface area contributed by atoms with E-state index in [1.807, 2.05) is 28.0 Å². The summed E-state index contributed by atoms with van der Waals surface area (Å²) in [6.07, 6.45) is 6.11. The average molecular weight is 548 g/mol. The Balaban J connectivity index is 1.05. The molecule has 0 N–H and O–H groups in total. The van der Waals surface area contributed by atoms with Crippen molar-refractivity contribution in [3.63, 3.8) is 0 Å². The Bertz CT molecular complexity index is 1560. The number of hydrogen-bond donors (Lipinski definition) is 0. The number of carbonyl (C=O) groups is 2. The molecule has 3 aromatic rings. The van der Waals surface area contributed by atoms with Crippen molar-refractivity contribution < 1.29 is 14.3 Å². The van der Waals surface area contributed by atoms with Crippen LogP contribution >= 0.6 is 0 Å². The lowest BCUT2D eigenvalue weighted by molar-refractivity contribution is -0.117. The fraction of sp³-hybridized carbons (Fsp3) is 0.429. The van der Waals surface area contributed by atoms with Gasteiger partial charge in [0.05, 0.1) is 6.61 Å². The van der Waals surface area contributed by atoms with Gasteiger partial charge < -0.3 is 19.4 Å². The highest BCUT2D eigenvalue weighted by molar-refractivity contribution is 6.07. The smallest absolute Gasteiger partial charge is 0.258 e. The van der Waals surface area contributed by atoms with E-state index in [2.05, 4.69) is 48.2 Å². The second-order valence-corrected chi connectivity index (χ2v) is 12.7. The number of aryl methyl sites for hydroxylation is 1. The zero-order chi connectivity index (χ0) is 27.7. The normalized spacial score (nSPS) is 26.3. The van der Waals surface area contributed by atoms with Gasteiger partial charge in [-0.3, -0.25) is 9.59 Å². The van der Waals surface area contributed by atoms with Crippen LogP contribution in [-0.4, -0.2) is 56.0 Å². The largest absolute Gasteiger partial charge is 0.492 e. The second kappa shape index (κ2) is 9.45. The summed E-state index contributed by atoms with van der Waals surface area (Å²) in [6.45, 7) is 7.93. The molecule has 0 aromatic heterocycles. The molecule has 210 valence electrons. The molecule has 8 rings (SSSR count). The fourth-order valence-electron chi connectivity index (χ4n) is 8.24. The molecule has 0 radical (unpaired) electrons. The minimum absolute atomic E-state index is 0.0651. The van der Waals surface area contributed by atoms with Crippen molar-refractivity contribution in [3.8, 4) is 16.9 Å². The van der Waals surface area contributed by atoms with Gasteiger partial charge in [0.1, 0.15) is 5.75 Å². The van der Waals surface area contributed by atoms with Crippen LogP contribution in [0.2, 0.25) is 0 Å². The van der Waals surface area contributed by atoms with Crippen LogP contribution in [0.4, 0.5) is 11.4 Å². The predicted octanol–water partition coefficient (Wildman–Crippen LogP) is 5.74. The van der Waals surface area contributed by atoms with E-state index in [9.17, 15) is 9.59 Å². The van der Waals surface area contributed by atoms with E-state index in [1.54, 1.807) is 0 Å². The van der Waals surface area contributed by atoms with E-state index >= 15 is 0 Å². The molecule has 41 heavy (non-hydrogen) atoms. The van der Waals surface area contributed by atoms with E-state index in [1.165, 1.54) is 37.1 Å². The highest BCUT2D eigenvalue weighted by Gasteiger charge is 2.51. The lowest BCUT2D eigenvalue weighted by Gasteiger charge is -2.48. The maximum Gasteiger partial charge on any atom is 0.258 e. The van der Waals surface area contributed by atoms with Crippen LogP contribution in [0.3, 0.4) is 0 Å². The average Bonchev–Trinajstić information content (AvgIpc) is 3.71. The molecule has 5 aliphatic rings. The van der Waals surface area contributed by atoms with Gasteiger partial charge in [-0.1, -0.05) is 18.2 Å². The summed E-state index contributed by atoms with van der Waals surface area (Å²) in [4.78, 5) is 32.5. The van der Waals surface area contributed by atoms with Crippen molar-refractivity contribution >= 4 is 23.2 Å². The molecule has 5 aliphatic heterocycles. The summed E-state index contributed by atoms with van der Waals surface area (Å²) >= 11 is 0. The van der Waals surface area contributed by atoms with Crippen LogP contribution < -0.4 is 14.5 Å². The third-order valence-electron chi connectivity index (χ3n) is 10.5. The third-order valence-corrected chi connectivity index (χ3v) is 10.5. The van der Waals surface area contributed by atoms with Gasteiger partial charge >= 0.3 is 0 Å². The van der Waals surface area contributed by atoms with Gasteiger partial charge in [-0.2, -0.15) is 0 Å². The summed E-state index contributed by atoms with van der Waals surface area (Å²) in [5.41, 5.74) is 8.75. The Kier molecular flexibility index (Phi) is 5.79. The molecule has 3 atom stereocenters. The van der Waals surface area contributed by atoms with Gasteiger partial charge in [0.15, 0.2) is 0 Å². The molecule has 1 spiro atoms. The van der Waals surface area contributed by atoms with E-state index in [0.717, 1.165) is 72.8 Å². The summed E-state index contributed by atoms with van der Waals surface area (Å²) in [7, 11) is 0. The molecule has 6 nitrogen and oxygen atoms in total. The number of fused-ring (bicyclic) bond motifs is 6. The Morgan fingerprint density at radius 2 is 1.83 bits per heavy atom. The number of ether oxygens (including phenoxy) is 1. The zero-order valence-corrected chi connectivity index (χ0v) is 23.8. The summed E-state index contributed by atoms with van der Waals surface area (Å²) in [5.74, 6) is 1.96. The Hall–Kier alpha value is -3.64. The first-order valence-electron chi connectivity index (χ1n) is 15.4. The summed E-state index contributed by atoms with van der Waals surface area (Å²) in [6, 6.07) is 18.8. The van der Waals surface area contributed by atoms with E-state index in [4.69, 9.17) is 4.74 Å². The summed E-state index contributed by atoms with van der Waals surface area (Å²) < 4.78 is 6.35. The molecule has 2 amide bonds. The Morgan fingerprint density at radius 1 is 0.951 bits per heavy atom. The molecule has 3 saturated heterocycles. The quantitative estimate of drug-likeness (QED) is 0.420. The predicted molar refractivity (Wildman–Crippen MR) is 161 cm³/mol. The molecule has 5 heterocycles. The molecule has 3 fully saturated rings. The number of anilines is 2. The van der Waals surface area contributed by atoms with Crippen molar-refractivity contribution in [2.24, 2.45) is 5.92 Å². The molecule has 3 unspecified atom stereocenters. The van der Waals surface area contributed by atoms with Crippen molar-refractivity contribution in [2.75, 3.05) is 49.1 Å². The monoisotopic (exact) mass is 547 g/mol. The molecule has 3 aromatic carbocycles. The first-order valence-corrected chi connectivity index (χ1v) is 15.4. The number of amides is 2. The minimum Gasteiger partial charge on any atom is -0.492 e. The molecular weight excluding hydrogens is 510 g/mol. The highest BCUT2D eigenvalue weighted by Crippen LogP contribution is 2.53. The lowest BCUT2D eigenvalue weighted by Crippen LogP contribution is -2.53. The molecule has 0 saturated carbocycles. The SMILES string of the molecule is Cc1cc(N2CCCC2=O)ccc1-c1ccc(C(=O)N2CCc3cc4c(cc32)C2(CCN3CCCC2C3)CO4)cc1. The van der Waals surface area contributed by atoms with Gasteiger partial charge in [-0.25, -0.2) is 0 Å². The number of benzene rings is 3. The van der Waals surface area contributed by atoms with Crippen LogP contribution in [0.1, 0.15) is 59.2 Å². The number of piperidine rings is 2. The molecule has 6 heteroatoms. The van der Waals surface area contributed by atoms with E-state index in [0.29, 0.717) is 24.4 Å². The number of nitrogens with zero attached hydrogens (tertiary/aromatic N) is 3. The van der Waals surface area contributed by atoms with Crippen molar-refractivity contribution in [2.45, 2.75) is 50.9 Å². The van der Waals surface area contributed by atoms with E-state index < -0.39 is 0 Å². The van der Waals surface area contributed by atoms with Gasteiger partial charge in [0.25, 0.3) is 5.91 Å². The van der Waals surface area contributed by atoms with E-state index in [-0.39, 0.29) is 17.2 Å². The van der Waals surface area contributed by atoms with Gasteiger partial charge in [0.2, 0.25) is 5.91 Å². The number of hydrogen-bond acceptors (Lipinski definition) is 4. The first-order chi connectivity index (χ1) is 20.0. The van der Waals surface area contributed by atoms with Crippen LogP contribution in [0, 0.1) is 12.8 Å². The molecule has 2 bridgehead atoms. The van der Waals surface area contributed by atoms with Crippen LogP contribution in [-0.2, 0) is 16.6 Å². The number of carbonyl (C=O) groups excluding carboxylic acids is 2. The van der Waals surface area contributed by atoms with Gasteiger partial charge in [-0.15, -0.1) is 0 Å². The lowest BCUT2D eigenvalue weighted by atomic mass is 9.64. The maximum absolute atomic E-state index is 13.8. The van der Waals surface area contributed by atoms with Crippen LogP contribution in [0.15, 0.2) is 54.6 Å². The molecule has 0 aliphatic carbocycles. The van der Waals surface area contributed by atoms with Crippen molar-refractivity contribution in [3.05, 3.63) is 76.9 Å². The van der Waals surface area contributed by atoms with Crippen molar-refractivity contribution in [1.29, 1.82) is 0 Å². The Labute approximate surface area is 241 Å². The number of rotatable bonds is 3. The first kappa shape index (κ1) is 25.1. The van der Waals surface area contributed by atoms with Crippen LogP contribution in [0.5, 0.6) is 5.75 Å². The molecular formula is C35H37N3O3. The van der Waals surface area contributed by atoms with Crippen LogP contribution in [0.25, 0.3) is 11.1 Å². The maximum atomic E-state index is 13.8. The zero-order valence-electron chi connectivity index (χ0n) is 23.8. The fourth-order valence-corrected chi connectivity index (χ4v) is 8.24. The standard InChI is InChI=1S/C35H37N3O3/c1-23-18-28(37-15-3-5-33(37)39)10-11-29(23)24-6-8-25(9-7-24)34(40)38-16-12-26-19-32-30(20-31(26)38)35(22-41-32)13-17-36-14-2-4-27(35)21-36/h6-11,18-20,27H,2-5,12-17,21-22H2,1H3. The third kappa shape index (κ3) is 3.94. The summed E-state index contributed by atoms with van der Waals surface area (Å²) in [5, 5.41) is 0. The van der Waals surface area contributed by atoms with Gasteiger partial charge in [-0.05, 0) is 117 Å². The van der Waals surface area contributed by atoms with Gasteiger partial charge in [0, 0.05) is 54.0 Å². The van der Waals surface area contributed by atoms with Crippen molar-refractivity contribution in [1.82, 2.24) is 4.90 Å². The topological polar surface area (TPSA) is 53.1 Å².